The van der Waals surface area contributed by atoms with Crippen LogP contribution in [-0.2, 0) is 9.53 Å². The van der Waals surface area contributed by atoms with Crippen molar-refractivity contribution in [2.24, 2.45) is 11.8 Å². The molecule has 0 aromatic carbocycles. The summed E-state index contributed by atoms with van der Waals surface area (Å²) in [4.78, 5) is 11.3. The zero-order chi connectivity index (χ0) is 12.1. The maximum Gasteiger partial charge on any atom is 0.306 e. The van der Waals surface area contributed by atoms with Crippen molar-refractivity contribution in [2.75, 3.05) is 7.11 Å². The Morgan fingerprint density at radius 2 is 1.94 bits per heavy atom. The Hall–Kier alpha value is -1.05. The lowest BCUT2D eigenvalue weighted by atomic mass is 9.74. The topological polar surface area (TPSA) is 26.3 Å². The number of ether oxygens (including phenoxy) is 1. The quantitative estimate of drug-likeness (QED) is 0.537. The van der Waals surface area contributed by atoms with Gasteiger partial charge in [0.15, 0.2) is 0 Å². The van der Waals surface area contributed by atoms with Crippen LogP contribution in [0.1, 0.15) is 39.0 Å². The largest absolute Gasteiger partial charge is 0.469 e. The van der Waals surface area contributed by atoms with Crippen molar-refractivity contribution in [3.05, 3.63) is 24.3 Å². The number of rotatable bonds is 4. The van der Waals surface area contributed by atoms with Gasteiger partial charge in [-0.25, -0.2) is 0 Å². The van der Waals surface area contributed by atoms with E-state index in [0.29, 0.717) is 18.3 Å². The lowest BCUT2D eigenvalue weighted by Gasteiger charge is -2.31. The molecular formula is C14H22O2. The summed E-state index contributed by atoms with van der Waals surface area (Å²) in [7, 11) is 1.44. The first-order chi connectivity index (χ1) is 7.54. The number of allylic oxidation sites excluding steroid dienone is 2. The smallest absolute Gasteiger partial charge is 0.306 e. The molecular weight excluding hydrogens is 200 g/mol. The van der Waals surface area contributed by atoms with Crippen molar-refractivity contribution < 1.29 is 9.53 Å². The molecule has 1 saturated carbocycles. The summed E-state index contributed by atoms with van der Waals surface area (Å²) in [6.45, 7) is 10.2. The van der Waals surface area contributed by atoms with Crippen molar-refractivity contribution in [3.63, 3.8) is 0 Å². The maximum atomic E-state index is 11.3. The number of methoxy groups -OCH3 is 1. The van der Waals surface area contributed by atoms with E-state index in [1.807, 2.05) is 0 Å². The maximum absolute atomic E-state index is 11.3. The van der Waals surface area contributed by atoms with E-state index in [9.17, 15) is 4.79 Å². The van der Waals surface area contributed by atoms with Crippen LogP contribution in [0.2, 0.25) is 0 Å². The predicted molar refractivity (Wildman–Crippen MR) is 66.0 cm³/mol. The number of esters is 1. The lowest BCUT2D eigenvalue weighted by molar-refractivity contribution is -0.141. The highest BCUT2D eigenvalue weighted by molar-refractivity contribution is 5.70. The van der Waals surface area contributed by atoms with E-state index in [1.54, 1.807) is 0 Å². The predicted octanol–water partition coefficient (Wildman–Crippen LogP) is 3.49. The Labute approximate surface area is 98.4 Å². The highest BCUT2D eigenvalue weighted by Gasteiger charge is 2.27. The van der Waals surface area contributed by atoms with Crippen molar-refractivity contribution in [1.82, 2.24) is 0 Å². The molecule has 0 aromatic heterocycles. The Morgan fingerprint density at radius 3 is 2.44 bits per heavy atom. The minimum absolute atomic E-state index is 0.123. The Balaban J connectivity index is 2.56. The molecule has 1 aliphatic carbocycles. The van der Waals surface area contributed by atoms with Crippen molar-refractivity contribution >= 4 is 5.97 Å². The summed E-state index contributed by atoms with van der Waals surface area (Å²) in [6.07, 6.45) is 4.93. The van der Waals surface area contributed by atoms with Crippen LogP contribution in [0.15, 0.2) is 24.3 Å². The molecule has 2 nitrogen and oxygen atoms in total. The fourth-order valence-electron chi connectivity index (χ4n) is 2.49. The number of hydrogen-bond donors (Lipinski definition) is 0. The van der Waals surface area contributed by atoms with Crippen LogP contribution in [0.4, 0.5) is 0 Å². The summed E-state index contributed by atoms with van der Waals surface area (Å²) in [5.41, 5.74) is 2.42. The van der Waals surface area contributed by atoms with E-state index in [-0.39, 0.29) is 5.97 Å². The SMILES string of the molecule is C=C(C)CC1CCCC(CC(=O)OC)C1=C. The molecule has 0 saturated heterocycles. The molecule has 0 radical (unpaired) electrons. The zero-order valence-corrected chi connectivity index (χ0v) is 10.4. The molecule has 0 aromatic rings. The van der Waals surface area contributed by atoms with E-state index in [4.69, 9.17) is 4.74 Å². The van der Waals surface area contributed by atoms with Gasteiger partial charge in [-0.05, 0) is 38.0 Å². The van der Waals surface area contributed by atoms with Gasteiger partial charge in [-0.1, -0.05) is 24.1 Å². The summed E-state index contributed by atoms with van der Waals surface area (Å²) < 4.78 is 4.72. The zero-order valence-electron chi connectivity index (χ0n) is 10.4. The average Bonchev–Trinajstić information content (AvgIpc) is 2.23. The van der Waals surface area contributed by atoms with Gasteiger partial charge in [-0.3, -0.25) is 4.79 Å². The van der Waals surface area contributed by atoms with Crippen LogP contribution in [0.3, 0.4) is 0 Å². The van der Waals surface area contributed by atoms with E-state index >= 15 is 0 Å². The minimum Gasteiger partial charge on any atom is -0.469 e. The van der Waals surface area contributed by atoms with Crippen LogP contribution in [0.25, 0.3) is 0 Å². The van der Waals surface area contributed by atoms with Crippen LogP contribution < -0.4 is 0 Å². The van der Waals surface area contributed by atoms with Gasteiger partial charge in [0.25, 0.3) is 0 Å². The highest BCUT2D eigenvalue weighted by atomic mass is 16.5. The van der Waals surface area contributed by atoms with Gasteiger partial charge in [-0.2, -0.15) is 0 Å². The van der Waals surface area contributed by atoms with Crippen molar-refractivity contribution in [1.29, 1.82) is 0 Å². The Morgan fingerprint density at radius 1 is 1.38 bits per heavy atom. The number of carbonyl (C=O) groups excluding carboxylic acids is 1. The first kappa shape index (κ1) is 13.0. The molecule has 2 unspecified atom stereocenters. The van der Waals surface area contributed by atoms with Gasteiger partial charge in [0.05, 0.1) is 13.5 Å². The van der Waals surface area contributed by atoms with Crippen molar-refractivity contribution in [2.45, 2.75) is 39.0 Å². The summed E-state index contributed by atoms with van der Waals surface area (Å²) in [5, 5.41) is 0. The molecule has 0 bridgehead atoms. The monoisotopic (exact) mass is 222 g/mol. The van der Waals surface area contributed by atoms with Gasteiger partial charge in [0.1, 0.15) is 0 Å². The molecule has 2 atom stereocenters. The van der Waals surface area contributed by atoms with Crippen LogP contribution >= 0.6 is 0 Å². The molecule has 0 heterocycles. The first-order valence-electron chi connectivity index (χ1n) is 5.94. The molecule has 0 N–H and O–H groups in total. The molecule has 0 aliphatic heterocycles. The van der Waals surface area contributed by atoms with Crippen LogP contribution in [0.5, 0.6) is 0 Å². The molecule has 1 rings (SSSR count). The van der Waals surface area contributed by atoms with Crippen molar-refractivity contribution in [3.8, 4) is 0 Å². The standard InChI is InChI=1S/C14H22O2/c1-10(2)8-12-6-5-7-13(11(12)3)9-14(15)16-4/h12-13H,1,3,5-9H2,2,4H3. The summed E-state index contributed by atoms with van der Waals surface area (Å²) >= 11 is 0. The lowest BCUT2D eigenvalue weighted by Crippen LogP contribution is -2.22. The normalized spacial score (nSPS) is 25.2. The van der Waals surface area contributed by atoms with E-state index < -0.39 is 0 Å². The van der Waals surface area contributed by atoms with Gasteiger partial charge in [-0.15, -0.1) is 6.58 Å². The molecule has 90 valence electrons. The minimum atomic E-state index is -0.123. The number of hydrogen-bond acceptors (Lipinski definition) is 2. The number of carbonyl (C=O) groups is 1. The second kappa shape index (κ2) is 5.88. The van der Waals surface area contributed by atoms with E-state index in [0.717, 1.165) is 12.8 Å². The average molecular weight is 222 g/mol. The second-order valence-electron chi connectivity index (χ2n) is 4.84. The summed E-state index contributed by atoms with van der Waals surface area (Å²) in [6, 6.07) is 0. The van der Waals surface area contributed by atoms with Crippen LogP contribution in [-0.4, -0.2) is 13.1 Å². The fraction of sp³-hybridized carbons (Fsp3) is 0.643. The van der Waals surface area contributed by atoms with Crippen LogP contribution in [0, 0.1) is 11.8 Å². The van der Waals surface area contributed by atoms with Gasteiger partial charge in [0.2, 0.25) is 0 Å². The third-order valence-corrected chi connectivity index (χ3v) is 3.39. The Bertz CT molecular complexity index is 291. The van der Waals surface area contributed by atoms with Gasteiger partial charge < -0.3 is 4.74 Å². The van der Waals surface area contributed by atoms with E-state index in [1.165, 1.54) is 31.1 Å². The second-order valence-corrected chi connectivity index (χ2v) is 4.84. The van der Waals surface area contributed by atoms with Gasteiger partial charge >= 0.3 is 5.97 Å². The molecule has 16 heavy (non-hydrogen) atoms. The third kappa shape index (κ3) is 3.51. The molecule has 1 fully saturated rings. The third-order valence-electron chi connectivity index (χ3n) is 3.39. The molecule has 2 heteroatoms. The summed E-state index contributed by atoms with van der Waals surface area (Å²) in [5.74, 6) is 0.702. The van der Waals surface area contributed by atoms with Gasteiger partial charge in [0, 0.05) is 0 Å². The fourth-order valence-corrected chi connectivity index (χ4v) is 2.49. The highest BCUT2D eigenvalue weighted by Crippen LogP contribution is 2.38. The first-order valence-corrected chi connectivity index (χ1v) is 5.94. The van der Waals surface area contributed by atoms with E-state index in [2.05, 4.69) is 20.1 Å². The Kier molecular flexibility index (Phi) is 4.78. The molecule has 1 aliphatic rings. The molecule has 0 amide bonds. The molecule has 0 spiro atoms.